The van der Waals surface area contributed by atoms with E-state index < -0.39 is 10.0 Å². The highest BCUT2D eigenvalue weighted by Gasteiger charge is 2.25. The van der Waals surface area contributed by atoms with E-state index >= 15 is 0 Å². The number of benzene rings is 2. The molecule has 116 valence electrons. The van der Waals surface area contributed by atoms with Gasteiger partial charge in [0.05, 0.1) is 4.90 Å². The number of rotatable bonds is 3. The molecule has 3 nitrogen and oxygen atoms in total. The minimum absolute atomic E-state index is 0.128. The zero-order valence-electron chi connectivity index (χ0n) is 13.0. The van der Waals surface area contributed by atoms with Crippen molar-refractivity contribution in [3.63, 3.8) is 0 Å². The maximum atomic E-state index is 12.7. The Morgan fingerprint density at radius 2 is 1.82 bits per heavy atom. The standard InChI is InChI=1S/C18H21NO2S/c1-13-10-11-16(12-14(13)2)22(20,21)19-18-9-5-7-15-6-3-4-8-17(15)18/h3-4,6,8,10-12,18-19H,5,7,9H2,1-2H3. The highest BCUT2D eigenvalue weighted by molar-refractivity contribution is 7.89. The summed E-state index contributed by atoms with van der Waals surface area (Å²) in [4.78, 5) is 0.346. The number of sulfonamides is 1. The van der Waals surface area contributed by atoms with Gasteiger partial charge in [0.25, 0.3) is 0 Å². The van der Waals surface area contributed by atoms with Crippen LogP contribution < -0.4 is 4.72 Å². The molecule has 0 fully saturated rings. The molecule has 0 spiro atoms. The van der Waals surface area contributed by atoms with Gasteiger partial charge < -0.3 is 0 Å². The van der Waals surface area contributed by atoms with E-state index in [-0.39, 0.29) is 6.04 Å². The Kier molecular flexibility index (Phi) is 4.06. The van der Waals surface area contributed by atoms with Gasteiger partial charge in [-0.2, -0.15) is 0 Å². The van der Waals surface area contributed by atoms with E-state index in [2.05, 4.69) is 10.8 Å². The molecule has 4 heteroatoms. The van der Waals surface area contributed by atoms with Gasteiger partial charge in [-0.25, -0.2) is 13.1 Å². The molecule has 0 aliphatic heterocycles. The lowest BCUT2D eigenvalue weighted by Crippen LogP contribution is -2.31. The molecule has 0 bridgehead atoms. The lowest BCUT2D eigenvalue weighted by Gasteiger charge is -2.26. The van der Waals surface area contributed by atoms with Crippen molar-refractivity contribution in [2.45, 2.75) is 44.0 Å². The third-order valence-electron chi connectivity index (χ3n) is 4.46. The van der Waals surface area contributed by atoms with Crippen LogP contribution in [0, 0.1) is 13.8 Å². The monoisotopic (exact) mass is 315 g/mol. The first-order valence-corrected chi connectivity index (χ1v) is 9.13. The zero-order valence-corrected chi connectivity index (χ0v) is 13.8. The second-order valence-electron chi connectivity index (χ2n) is 6.01. The van der Waals surface area contributed by atoms with Gasteiger partial charge in [-0.15, -0.1) is 0 Å². The van der Waals surface area contributed by atoms with Crippen LogP contribution in [-0.4, -0.2) is 8.42 Å². The Balaban J connectivity index is 1.91. The Hall–Kier alpha value is -1.65. The molecule has 1 aliphatic rings. The summed E-state index contributed by atoms with van der Waals surface area (Å²) in [6.07, 6.45) is 2.89. The molecule has 22 heavy (non-hydrogen) atoms. The van der Waals surface area contributed by atoms with Crippen LogP contribution in [-0.2, 0) is 16.4 Å². The first-order chi connectivity index (χ1) is 10.5. The molecule has 3 rings (SSSR count). The van der Waals surface area contributed by atoms with Gasteiger partial charge in [-0.1, -0.05) is 30.3 Å². The highest BCUT2D eigenvalue weighted by atomic mass is 32.2. The van der Waals surface area contributed by atoms with Crippen LogP contribution in [0.25, 0.3) is 0 Å². The Labute approximate surface area is 132 Å². The van der Waals surface area contributed by atoms with Gasteiger partial charge in [-0.05, 0) is 67.5 Å². The predicted molar refractivity (Wildman–Crippen MR) is 88.4 cm³/mol. The number of hydrogen-bond acceptors (Lipinski definition) is 2. The van der Waals surface area contributed by atoms with Crippen molar-refractivity contribution in [3.05, 3.63) is 64.7 Å². The van der Waals surface area contributed by atoms with Gasteiger partial charge in [0.1, 0.15) is 0 Å². The van der Waals surface area contributed by atoms with Crippen molar-refractivity contribution in [1.82, 2.24) is 4.72 Å². The van der Waals surface area contributed by atoms with Crippen LogP contribution in [0.3, 0.4) is 0 Å². The van der Waals surface area contributed by atoms with Crippen molar-refractivity contribution in [3.8, 4) is 0 Å². The van der Waals surface area contributed by atoms with Gasteiger partial charge >= 0.3 is 0 Å². The molecule has 0 saturated carbocycles. The predicted octanol–water partition coefficient (Wildman–Crippen LogP) is 3.66. The molecule has 1 atom stereocenters. The maximum absolute atomic E-state index is 12.7. The van der Waals surface area contributed by atoms with Crippen molar-refractivity contribution in [2.24, 2.45) is 0 Å². The number of nitrogens with one attached hydrogen (secondary N) is 1. The molecule has 0 heterocycles. The van der Waals surface area contributed by atoms with Crippen molar-refractivity contribution < 1.29 is 8.42 Å². The molecule has 0 saturated heterocycles. The summed E-state index contributed by atoms with van der Waals surface area (Å²) in [6.45, 7) is 3.92. The fourth-order valence-electron chi connectivity index (χ4n) is 3.01. The highest BCUT2D eigenvalue weighted by Crippen LogP contribution is 2.31. The smallest absolute Gasteiger partial charge is 0.207 e. The Bertz CT molecular complexity index is 796. The first kappa shape index (κ1) is 15.3. The molecule has 0 amide bonds. The van der Waals surface area contributed by atoms with Crippen LogP contribution >= 0.6 is 0 Å². The van der Waals surface area contributed by atoms with Crippen molar-refractivity contribution in [1.29, 1.82) is 0 Å². The van der Waals surface area contributed by atoms with Crippen LogP contribution in [0.1, 0.15) is 41.1 Å². The summed E-state index contributed by atoms with van der Waals surface area (Å²) in [5.41, 5.74) is 4.46. The SMILES string of the molecule is Cc1ccc(S(=O)(=O)NC2CCCc3ccccc32)cc1C. The maximum Gasteiger partial charge on any atom is 0.241 e. The van der Waals surface area contributed by atoms with Gasteiger partial charge in [0.2, 0.25) is 10.0 Å². The number of aryl methyl sites for hydroxylation is 3. The number of fused-ring (bicyclic) bond motifs is 1. The van der Waals surface area contributed by atoms with Gasteiger partial charge in [0.15, 0.2) is 0 Å². The molecule has 0 aromatic heterocycles. The summed E-state index contributed by atoms with van der Waals surface area (Å²) in [7, 11) is -3.49. The van der Waals surface area contributed by atoms with E-state index in [4.69, 9.17) is 0 Å². The first-order valence-electron chi connectivity index (χ1n) is 7.65. The van der Waals surface area contributed by atoms with E-state index in [1.54, 1.807) is 12.1 Å². The third-order valence-corrected chi connectivity index (χ3v) is 5.92. The lowest BCUT2D eigenvalue weighted by atomic mass is 9.88. The van der Waals surface area contributed by atoms with Gasteiger partial charge in [-0.3, -0.25) is 0 Å². The van der Waals surface area contributed by atoms with Crippen LogP contribution in [0.2, 0.25) is 0 Å². The zero-order chi connectivity index (χ0) is 15.7. The van der Waals surface area contributed by atoms with E-state index in [0.717, 1.165) is 36.0 Å². The fourth-order valence-corrected chi connectivity index (χ4v) is 4.35. The Morgan fingerprint density at radius 3 is 2.59 bits per heavy atom. The molecular weight excluding hydrogens is 294 g/mol. The minimum Gasteiger partial charge on any atom is -0.207 e. The quantitative estimate of drug-likeness (QED) is 0.939. The average Bonchev–Trinajstić information content (AvgIpc) is 2.50. The largest absolute Gasteiger partial charge is 0.241 e. The molecule has 1 unspecified atom stereocenters. The van der Waals surface area contributed by atoms with Crippen LogP contribution in [0.15, 0.2) is 47.4 Å². The molecule has 2 aromatic rings. The molecule has 0 radical (unpaired) electrons. The molecule has 2 aromatic carbocycles. The van der Waals surface area contributed by atoms with Gasteiger partial charge in [0, 0.05) is 6.04 Å². The topological polar surface area (TPSA) is 46.2 Å². The second-order valence-corrected chi connectivity index (χ2v) is 7.72. The van der Waals surface area contributed by atoms with E-state index in [9.17, 15) is 8.42 Å². The van der Waals surface area contributed by atoms with E-state index in [1.165, 1.54) is 5.56 Å². The summed E-state index contributed by atoms with van der Waals surface area (Å²) in [5.74, 6) is 0. The van der Waals surface area contributed by atoms with Crippen molar-refractivity contribution >= 4 is 10.0 Å². The number of hydrogen-bond donors (Lipinski definition) is 1. The van der Waals surface area contributed by atoms with Crippen LogP contribution in [0.4, 0.5) is 0 Å². The summed E-state index contributed by atoms with van der Waals surface area (Å²) < 4.78 is 28.2. The lowest BCUT2D eigenvalue weighted by molar-refractivity contribution is 0.507. The fraction of sp³-hybridized carbons (Fsp3) is 0.333. The minimum atomic E-state index is -3.49. The van der Waals surface area contributed by atoms with E-state index in [0.29, 0.717) is 4.90 Å². The molecule has 1 aliphatic carbocycles. The summed E-state index contributed by atoms with van der Waals surface area (Å²) in [5, 5.41) is 0. The Morgan fingerprint density at radius 1 is 1.05 bits per heavy atom. The van der Waals surface area contributed by atoms with Crippen LogP contribution in [0.5, 0.6) is 0 Å². The average molecular weight is 315 g/mol. The third kappa shape index (κ3) is 2.94. The van der Waals surface area contributed by atoms with Crippen molar-refractivity contribution in [2.75, 3.05) is 0 Å². The molecule has 1 N–H and O–H groups in total. The summed E-state index contributed by atoms with van der Waals surface area (Å²) >= 11 is 0. The van der Waals surface area contributed by atoms with E-state index in [1.807, 2.05) is 38.1 Å². The normalized spacial score (nSPS) is 18.0. The summed E-state index contributed by atoms with van der Waals surface area (Å²) in [6, 6.07) is 13.3. The molecular formula is C18H21NO2S. The second kappa shape index (κ2) is 5.86.